The van der Waals surface area contributed by atoms with Gasteiger partial charge in [0.15, 0.2) is 29.0 Å². The highest BCUT2D eigenvalue weighted by molar-refractivity contribution is 6.22. The van der Waals surface area contributed by atoms with Crippen molar-refractivity contribution in [3.05, 3.63) is 35.6 Å². The van der Waals surface area contributed by atoms with Crippen molar-refractivity contribution in [2.45, 2.75) is 19.8 Å². The number of cyclic esters (lactones) is 1. The molecule has 2 heterocycles. The van der Waals surface area contributed by atoms with Gasteiger partial charge in [0.1, 0.15) is 5.76 Å². The number of benzene rings is 1. The zero-order valence-corrected chi connectivity index (χ0v) is 12.0. The van der Waals surface area contributed by atoms with E-state index in [1.165, 1.54) is 13.0 Å². The lowest BCUT2D eigenvalue weighted by molar-refractivity contribution is -0.152. The number of carbonyl (C=O) groups excluding carboxylic acids is 3. The minimum absolute atomic E-state index is 0.0814. The number of esters is 1. The molecule has 22 heavy (non-hydrogen) atoms. The Bertz CT molecular complexity index is 688. The van der Waals surface area contributed by atoms with Crippen LogP contribution in [0.2, 0.25) is 0 Å². The van der Waals surface area contributed by atoms with E-state index in [0.717, 1.165) is 5.56 Å². The summed E-state index contributed by atoms with van der Waals surface area (Å²) in [4.78, 5) is 35.6. The zero-order chi connectivity index (χ0) is 15.7. The SMILES string of the molecule is CC1=CC(=O)C(C(=O)CCc2ccc3c(c2)OCO3)C(=O)O1. The number of carbonyl (C=O) groups is 3. The fourth-order valence-electron chi connectivity index (χ4n) is 2.45. The summed E-state index contributed by atoms with van der Waals surface area (Å²) in [6, 6.07) is 5.39. The number of ether oxygens (including phenoxy) is 3. The van der Waals surface area contributed by atoms with E-state index in [1.54, 1.807) is 12.1 Å². The second-order valence-electron chi connectivity index (χ2n) is 5.17. The van der Waals surface area contributed by atoms with Crippen molar-refractivity contribution in [3.8, 4) is 11.5 Å². The lowest BCUT2D eigenvalue weighted by Gasteiger charge is -2.17. The molecule has 0 spiro atoms. The van der Waals surface area contributed by atoms with Gasteiger partial charge >= 0.3 is 5.97 Å². The fourth-order valence-corrected chi connectivity index (χ4v) is 2.45. The van der Waals surface area contributed by atoms with Crippen molar-refractivity contribution in [2.24, 2.45) is 5.92 Å². The number of hydrogen-bond donors (Lipinski definition) is 0. The van der Waals surface area contributed by atoms with E-state index in [-0.39, 0.29) is 19.0 Å². The molecule has 1 aromatic rings. The van der Waals surface area contributed by atoms with Crippen LogP contribution in [0.15, 0.2) is 30.0 Å². The first-order chi connectivity index (χ1) is 10.5. The molecule has 0 saturated heterocycles. The van der Waals surface area contributed by atoms with Crippen LogP contribution in [0, 0.1) is 5.92 Å². The van der Waals surface area contributed by atoms with Gasteiger partial charge in [0, 0.05) is 12.5 Å². The third kappa shape index (κ3) is 2.72. The van der Waals surface area contributed by atoms with Crippen LogP contribution in [0.25, 0.3) is 0 Å². The largest absolute Gasteiger partial charge is 0.454 e. The molecule has 1 unspecified atom stereocenters. The number of fused-ring (bicyclic) bond motifs is 1. The molecular formula is C16H14O6. The van der Waals surface area contributed by atoms with Crippen LogP contribution in [-0.4, -0.2) is 24.3 Å². The number of ketones is 2. The predicted molar refractivity (Wildman–Crippen MR) is 74.2 cm³/mol. The maximum absolute atomic E-state index is 12.1. The molecule has 0 aromatic heterocycles. The Hall–Kier alpha value is -2.63. The lowest BCUT2D eigenvalue weighted by atomic mass is 9.92. The number of allylic oxidation sites excluding steroid dienone is 2. The second kappa shape index (κ2) is 5.63. The second-order valence-corrected chi connectivity index (χ2v) is 5.17. The van der Waals surface area contributed by atoms with Gasteiger partial charge in [0.2, 0.25) is 6.79 Å². The first kappa shape index (κ1) is 14.3. The minimum atomic E-state index is -1.34. The molecule has 2 aliphatic heterocycles. The molecule has 0 amide bonds. The van der Waals surface area contributed by atoms with E-state index in [4.69, 9.17) is 14.2 Å². The van der Waals surface area contributed by atoms with Crippen molar-refractivity contribution in [2.75, 3.05) is 6.79 Å². The Balaban J connectivity index is 1.65. The summed E-state index contributed by atoms with van der Waals surface area (Å²) in [5, 5.41) is 0. The Morgan fingerprint density at radius 2 is 2.00 bits per heavy atom. The summed E-state index contributed by atoms with van der Waals surface area (Å²) in [6.07, 6.45) is 1.68. The van der Waals surface area contributed by atoms with Gasteiger partial charge in [-0.1, -0.05) is 6.07 Å². The molecular weight excluding hydrogens is 288 g/mol. The number of Topliss-reactive ketones (excluding diaryl/α,β-unsaturated/α-hetero) is 1. The first-order valence-corrected chi connectivity index (χ1v) is 6.89. The van der Waals surface area contributed by atoms with Crippen LogP contribution in [0.5, 0.6) is 11.5 Å². The molecule has 3 rings (SSSR count). The maximum atomic E-state index is 12.1. The first-order valence-electron chi connectivity index (χ1n) is 6.89. The molecule has 2 aliphatic rings. The zero-order valence-electron chi connectivity index (χ0n) is 12.0. The van der Waals surface area contributed by atoms with Crippen LogP contribution >= 0.6 is 0 Å². The molecule has 0 bridgehead atoms. The van der Waals surface area contributed by atoms with E-state index >= 15 is 0 Å². The molecule has 0 saturated carbocycles. The number of rotatable bonds is 4. The smallest absolute Gasteiger partial charge is 0.329 e. The van der Waals surface area contributed by atoms with Gasteiger partial charge in [0.05, 0.1) is 0 Å². The number of hydrogen-bond acceptors (Lipinski definition) is 6. The highest BCUT2D eigenvalue weighted by Crippen LogP contribution is 2.32. The van der Waals surface area contributed by atoms with Gasteiger partial charge < -0.3 is 14.2 Å². The standard InChI is InChI=1S/C16H14O6/c1-9-6-12(18)15(16(19)22-9)11(17)4-2-10-3-5-13-14(7-10)21-8-20-13/h3,5-7,15H,2,4,8H2,1H3. The van der Waals surface area contributed by atoms with Crippen molar-refractivity contribution in [1.82, 2.24) is 0 Å². The van der Waals surface area contributed by atoms with Gasteiger partial charge in [-0.2, -0.15) is 0 Å². The minimum Gasteiger partial charge on any atom is -0.454 e. The lowest BCUT2D eigenvalue weighted by Crippen LogP contribution is -2.35. The van der Waals surface area contributed by atoms with E-state index in [9.17, 15) is 14.4 Å². The molecule has 0 fully saturated rings. The van der Waals surface area contributed by atoms with Gasteiger partial charge in [-0.25, -0.2) is 0 Å². The summed E-state index contributed by atoms with van der Waals surface area (Å²) in [7, 11) is 0. The van der Waals surface area contributed by atoms with Crippen LogP contribution in [0.3, 0.4) is 0 Å². The van der Waals surface area contributed by atoms with Gasteiger partial charge in [-0.15, -0.1) is 0 Å². The summed E-state index contributed by atoms with van der Waals surface area (Å²) in [5.41, 5.74) is 0.876. The molecule has 1 aromatic carbocycles. The van der Waals surface area contributed by atoms with Crippen molar-refractivity contribution in [1.29, 1.82) is 0 Å². The highest BCUT2D eigenvalue weighted by atomic mass is 16.7. The third-order valence-electron chi connectivity index (χ3n) is 3.55. The number of aryl methyl sites for hydroxylation is 1. The topological polar surface area (TPSA) is 78.9 Å². The summed E-state index contributed by atoms with van der Waals surface area (Å²) >= 11 is 0. The van der Waals surface area contributed by atoms with Crippen LogP contribution < -0.4 is 9.47 Å². The Labute approximate surface area is 126 Å². The molecule has 0 radical (unpaired) electrons. The molecule has 6 nitrogen and oxygen atoms in total. The monoisotopic (exact) mass is 302 g/mol. The van der Waals surface area contributed by atoms with E-state index < -0.39 is 23.5 Å². The molecule has 6 heteroatoms. The molecule has 114 valence electrons. The van der Waals surface area contributed by atoms with Gasteiger partial charge in [-0.3, -0.25) is 14.4 Å². The van der Waals surface area contributed by atoms with Crippen LogP contribution in [-0.2, 0) is 25.5 Å². The summed E-state index contributed by atoms with van der Waals surface area (Å²) < 4.78 is 15.3. The van der Waals surface area contributed by atoms with Crippen LogP contribution in [0.1, 0.15) is 18.9 Å². The highest BCUT2D eigenvalue weighted by Gasteiger charge is 2.37. The predicted octanol–water partition coefficient (Wildman–Crippen LogP) is 1.56. The quantitative estimate of drug-likeness (QED) is 0.620. The van der Waals surface area contributed by atoms with Crippen molar-refractivity contribution >= 4 is 17.5 Å². The Morgan fingerprint density at radius 1 is 1.23 bits per heavy atom. The van der Waals surface area contributed by atoms with Crippen molar-refractivity contribution in [3.63, 3.8) is 0 Å². The summed E-state index contributed by atoms with van der Waals surface area (Å²) in [5.74, 6) is -1.55. The molecule has 0 N–H and O–H groups in total. The average Bonchev–Trinajstić information content (AvgIpc) is 2.91. The normalized spacial score (nSPS) is 19.7. The summed E-state index contributed by atoms with van der Waals surface area (Å²) in [6.45, 7) is 1.69. The Morgan fingerprint density at radius 3 is 2.77 bits per heavy atom. The molecule has 1 atom stereocenters. The Kier molecular flexibility index (Phi) is 3.66. The van der Waals surface area contributed by atoms with E-state index in [0.29, 0.717) is 17.9 Å². The molecule has 0 aliphatic carbocycles. The third-order valence-corrected chi connectivity index (χ3v) is 3.55. The van der Waals surface area contributed by atoms with Gasteiger partial charge in [0.25, 0.3) is 0 Å². The van der Waals surface area contributed by atoms with E-state index in [2.05, 4.69) is 0 Å². The van der Waals surface area contributed by atoms with Gasteiger partial charge in [-0.05, 0) is 31.0 Å². The van der Waals surface area contributed by atoms with E-state index in [1.807, 2.05) is 6.07 Å². The van der Waals surface area contributed by atoms with Crippen LogP contribution in [0.4, 0.5) is 0 Å². The maximum Gasteiger partial charge on any atom is 0.329 e. The average molecular weight is 302 g/mol. The van der Waals surface area contributed by atoms with Crippen molar-refractivity contribution < 1.29 is 28.6 Å². The fraction of sp³-hybridized carbons (Fsp3) is 0.312.